The first-order valence-corrected chi connectivity index (χ1v) is 5.16. The first kappa shape index (κ1) is 11.2. The largest absolute Gasteiger partial charge is 0.447 e. The lowest BCUT2D eigenvalue weighted by Gasteiger charge is -2.17. The predicted molar refractivity (Wildman–Crippen MR) is 56.9 cm³/mol. The van der Waals surface area contributed by atoms with E-state index in [1.54, 1.807) is 6.20 Å². The fourth-order valence-corrected chi connectivity index (χ4v) is 1.28. The molecular formula is C11H20N2O. The molecule has 3 nitrogen and oxygen atoms in total. The van der Waals surface area contributed by atoms with Gasteiger partial charge in [-0.2, -0.15) is 0 Å². The van der Waals surface area contributed by atoms with Crippen molar-refractivity contribution in [2.45, 2.75) is 40.2 Å². The van der Waals surface area contributed by atoms with Crippen molar-refractivity contribution < 1.29 is 4.42 Å². The zero-order chi connectivity index (χ0) is 10.4. The third kappa shape index (κ3) is 5.02. The lowest BCUT2D eigenvalue weighted by molar-refractivity contribution is 0.358. The Morgan fingerprint density at radius 1 is 1.43 bits per heavy atom. The van der Waals surface area contributed by atoms with Gasteiger partial charge >= 0.3 is 0 Å². The van der Waals surface area contributed by atoms with E-state index in [4.69, 9.17) is 4.42 Å². The molecule has 0 fully saturated rings. The van der Waals surface area contributed by atoms with Gasteiger partial charge in [0, 0.05) is 0 Å². The third-order valence-corrected chi connectivity index (χ3v) is 2.06. The predicted octanol–water partition coefficient (Wildman–Crippen LogP) is 2.59. The minimum atomic E-state index is 0.438. The summed E-state index contributed by atoms with van der Waals surface area (Å²) in [5.74, 6) is 0.903. The smallest absolute Gasteiger partial charge is 0.180 e. The second-order valence-electron chi connectivity index (χ2n) is 4.81. The molecule has 0 spiro atoms. The van der Waals surface area contributed by atoms with Crippen LogP contribution in [0.5, 0.6) is 0 Å². The monoisotopic (exact) mass is 196 g/mol. The molecule has 14 heavy (non-hydrogen) atoms. The zero-order valence-electron chi connectivity index (χ0n) is 9.34. The molecular weight excluding hydrogens is 176 g/mol. The van der Waals surface area contributed by atoms with Gasteiger partial charge in [0.25, 0.3) is 0 Å². The number of hydrogen-bond donors (Lipinski definition) is 1. The fraction of sp³-hybridized carbons (Fsp3) is 0.727. The van der Waals surface area contributed by atoms with Gasteiger partial charge in [-0.25, -0.2) is 4.98 Å². The summed E-state index contributed by atoms with van der Waals surface area (Å²) in [7, 11) is 0. The van der Waals surface area contributed by atoms with Gasteiger partial charge in [0.1, 0.15) is 5.76 Å². The van der Waals surface area contributed by atoms with Crippen LogP contribution in [0.25, 0.3) is 0 Å². The van der Waals surface area contributed by atoms with Crippen LogP contribution in [-0.4, -0.2) is 11.5 Å². The SMILES string of the molecule is CC(C)(C)CCCNCc1cnco1. The number of nitrogens with zero attached hydrogens (tertiary/aromatic N) is 1. The van der Waals surface area contributed by atoms with Gasteiger partial charge in [-0.1, -0.05) is 20.8 Å². The second-order valence-corrected chi connectivity index (χ2v) is 4.81. The van der Waals surface area contributed by atoms with Gasteiger partial charge < -0.3 is 9.73 Å². The van der Waals surface area contributed by atoms with Crippen LogP contribution in [0.3, 0.4) is 0 Å². The highest BCUT2D eigenvalue weighted by molar-refractivity contribution is 4.86. The van der Waals surface area contributed by atoms with E-state index in [9.17, 15) is 0 Å². The summed E-state index contributed by atoms with van der Waals surface area (Å²) < 4.78 is 5.11. The van der Waals surface area contributed by atoms with Crippen molar-refractivity contribution in [2.75, 3.05) is 6.54 Å². The molecule has 0 bridgehead atoms. The maximum Gasteiger partial charge on any atom is 0.180 e. The van der Waals surface area contributed by atoms with Crippen LogP contribution in [0.15, 0.2) is 17.0 Å². The van der Waals surface area contributed by atoms with Crippen molar-refractivity contribution in [3.63, 3.8) is 0 Å². The van der Waals surface area contributed by atoms with Gasteiger partial charge in [-0.15, -0.1) is 0 Å². The third-order valence-electron chi connectivity index (χ3n) is 2.06. The molecule has 0 radical (unpaired) electrons. The summed E-state index contributed by atoms with van der Waals surface area (Å²) in [5.41, 5.74) is 0.438. The molecule has 80 valence electrons. The van der Waals surface area contributed by atoms with E-state index in [1.165, 1.54) is 19.2 Å². The lowest BCUT2D eigenvalue weighted by atomic mass is 9.91. The molecule has 0 saturated heterocycles. The molecule has 1 N–H and O–H groups in total. The molecule has 0 aliphatic rings. The molecule has 0 aliphatic heterocycles. The van der Waals surface area contributed by atoms with Gasteiger partial charge in [0.05, 0.1) is 12.7 Å². The number of oxazole rings is 1. The van der Waals surface area contributed by atoms with E-state index in [-0.39, 0.29) is 0 Å². The zero-order valence-corrected chi connectivity index (χ0v) is 9.34. The van der Waals surface area contributed by atoms with Crippen molar-refractivity contribution in [1.82, 2.24) is 10.3 Å². The molecule has 0 aromatic carbocycles. The Morgan fingerprint density at radius 3 is 2.79 bits per heavy atom. The van der Waals surface area contributed by atoms with Gasteiger partial charge in [-0.3, -0.25) is 0 Å². The van der Waals surface area contributed by atoms with Crippen LogP contribution in [-0.2, 0) is 6.54 Å². The van der Waals surface area contributed by atoms with E-state index in [1.807, 2.05) is 0 Å². The van der Waals surface area contributed by atoms with E-state index in [2.05, 4.69) is 31.1 Å². The normalized spacial score (nSPS) is 11.9. The fourth-order valence-electron chi connectivity index (χ4n) is 1.28. The molecule has 0 aliphatic carbocycles. The van der Waals surface area contributed by atoms with Gasteiger partial charge in [0.15, 0.2) is 6.39 Å². The van der Waals surface area contributed by atoms with Crippen molar-refractivity contribution in [1.29, 1.82) is 0 Å². The molecule has 0 atom stereocenters. The van der Waals surface area contributed by atoms with E-state index in [0.717, 1.165) is 18.8 Å². The van der Waals surface area contributed by atoms with E-state index in [0.29, 0.717) is 5.41 Å². The number of nitrogens with one attached hydrogen (secondary N) is 1. The Labute approximate surface area is 85.9 Å². The molecule has 1 heterocycles. The van der Waals surface area contributed by atoms with Crippen molar-refractivity contribution >= 4 is 0 Å². The highest BCUT2D eigenvalue weighted by Gasteiger charge is 2.08. The Kier molecular flexibility index (Phi) is 4.14. The summed E-state index contributed by atoms with van der Waals surface area (Å²) in [5, 5.41) is 3.33. The van der Waals surface area contributed by atoms with Crippen LogP contribution >= 0.6 is 0 Å². The molecule has 0 saturated carbocycles. The maximum absolute atomic E-state index is 5.11. The highest BCUT2D eigenvalue weighted by atomic mass is 16.3. The maximum atomic E-state index is 5.11. The Balaban J connectivity index is 2.00. The van der Waals surface area contributed by atoms with Crippen LogP contribution in [0.2, 0.25) is 0 Å². The quantitative estimate of drug-likeness (QED) is 0.736. The van der Waals surface area contributed by atoms with Crippen LogP contribution < -0.4 is 5.32 Å². The highest BCUT2D eigenvalue weighted by Crippen LogP contribution is 2.19. The minimum absolute atomic E-state index is 0.438. The summed E-state index contributed by atoms with van der Waals surface area (Å²) >= 11 is 0. The van der Waals surface area contributed by atoms with Gasteiger partial charge in [-0.05, 0) is 24.8 Å². The van der Waals surface area contributed by atoms with Crippen molar-refractivity contribution in [3.05, 3.63) is 18.4 Å². The number of aromatic nitrogens is 1. The average molecular weight is 196 g/mol. The Bertz CT molecular complexity index is 236. The van der Waals surface area contributed by atoms with Crippen LogP contribution in [0.4, 0.5) is 0 Å². The molecule has 1 aromatic rings. The van der Waals surface area contributed by atoms with Crippen molar-refractivity contribution in [3.8, 4) is 0 Å². The number of hydrogen-bond acceptors (Lipinski definition) is 3. The molecule has 0 amide bonds. The second kappa shape index (κ2) is 5.15. The summed E-state index contributed by atoms with van der Waals surface area (Å²) in [6, 6.07) is 0. The van der Waals surface area contributed by atoms with E-state index >= 15 is 0 Å². The average Bonchev–Trinajstić information content (AvgIpc) is 2.54. The van der Waals surface area contributed by atoms with Crippen LogP contribution in [0, 0.1) is 5.41 Å². The topological polar surface area (TPSA) is 38.1 Å². The first-order valence-electron chi connectivity index (χ1n) is 5.16. The number of rotatable bonds is 5. The summed E-state index contributed by atoms with van der Waals surface area (Å²) in [6.07, 6.45) is 5.66. The molecule has 1 aromatic heterocycles. The Morgan fingerprint density at radius 2 is 2.21 bits per heavy atom. The van der Waals surface area contributed by atoms with Crippen molar-refractivity contribution in [2.24, 2.45) is 5.41 Å². The first-order chi connectivity index (χ1) is 6.58. The molecule has 1 rings (SSSR count). The summed E-state index contributed by atoms with van der Waals surface area (Å²) in [4.78, 5) is 3.85. The minimum Gasteiger partial charge on any atom is -0.447 e. The standard InChI is InChI=1S/C11H20N2O/c1-11(2,3)5-4-6-12-7-10-8-13-9-14-10/h8-9,12H,4-7H2,1-3H3. The van der Waals surface area contributed by atoms with Gasteiger partial charge in [0.2, 0.25) is 0 Å². The summed E-state index contributed by atoms with van der Waals surface area (Å²) in [6.45, 7) is 8.62. The molecule has 0 unspecified atom stereocenters. The Hall–Kier alpha value is -0.830. The lowest BCUT2D eigenvalue weighted by Crippen LogP contribution is -2.16. The van der Waals surface area contributed by atoms with E-state index < -0.39 is 0 Å². The van der Waals surface area contributed by atoms with Crippen LogP contribution in [0.1, 0.15) is 39.4 Å². The molecule has 3 heteroatoms.